The number of piperazine rings is 1. The third kappa shape index (κ3) is 1.87. The maximum absolute atomic E-state index is 13.0. The molecule has 108 valence electrons. The molecule has 1 unspecified atom stereocenters. The summed E-state index contributed by atoms with van der Waals surface area (Å²) in [5, 5.41) is 3.05. The van der Waals surface area contributed by atoms with Gasteiger partial charge in [-0.25, -0.2) is 0 Å². The second kappa shape index (κ2) is 4.50. The van der Waals surface area contributed by atoms with Gasteiger partial charge in [-0.05, 0) is 52.4 Å². The van der Waals surface area contributed by atoms with E-state index in [1.807, 2.05) is 39.5 Å². The first-order valence-electron chi connectivity index (χ1n) is 7.49. The van der Waals surface area contributed by atoms with Crippen LogP contribution in [0, 0.1) is 5.92 Å². The van der Waals surface area contributed by atoms with Crippen LogP contribution < -0.4 is 5.32 Å². The standard InChI is InChI=1S/C15H26N2O2/c1-6-15(7-2)12(18)16-14(5,11-8-9-11)13(19)17(15)10(3)4/h10-11H,6-9H2,1-5H3,(H,16,18). The second-order valence-electron chi connectivity index (χ2n) is 6.44. The van der Waals surface area contributed by atoms with Crippen LogP contribution in [-0.2, 0) is 9.59 Å². The minimum atomic E-state index is -0.685. The van der Waals surface area contributed by atoms with E-state index in [-0.39, 0.29) is 17.9 Å². The zero-order valence-corrected chi connectivity index (χ0v) is 12.7. The first kappa shape index (κ1) is 14.4. The lowest BCUT2D eigenvalue weighted by Gasteiger charge is -2.53. The van der Waals surface area contributed by atoms with Crippen molar-refractivity contribution in [3.8, 4) is 0 Å². The monoisotopic (exact) mass is 266 g/mol. The van der Waals surface area contributed by atoms with Gasteiger partial charge in [0.05, 0.1) is 0 Å². The number of nitrogens with one attached hydrogen (secondary N) is 1. The van der Waals surface area contributed by atoms with E-state index >= 15 is 0 Å². The smallest absolute Gasteiger partial charge is 0.249 e. The molecule has 0 aromatic carbocycles. The predicted octanol–water partition coefficient (Wildman–Crippen LogP) is 2.08. The fourth-order valence-electron chi connectivity index (χ4n) is 3.54. The molecule has 1 atom stereocenters. The summed E-state index contributed by atoms with van der Waals surface area (Å²) in [4.78, 5) is 27.5. The maximum Gasteiger partial charge on any atom is 0.249 e. The SMILES string of the molecule is CCC1(CC)C(=O)NC(C)(C2CC2)C(=O)N1C(C)C. The van der Waals surface area contributed by atoms with Crippen molar-refractivity contribution in [2.24, 2.45) is 5.92 Å². The average Bonchev–Trinajstić information content (AvgIpc) is 3.17. The van der Waals surface area contributed by atoms with Crippen LogP contribution in [0.5, 0.6) is 0 Å². The molecular formula is C15H26N2O2. The van der Waals surface area contributed by atoms with Crippen LogP contribution in [0.2, 0.25) is 0 Å². The molecule has 1 heterocycles. The van der Waals surface area contributed by atoms with E-state index in [0.29, 0.717) is 18.8 Å². The van der Waals surface area contributed by atoms with Crippen LogP contribution in [0.25, 0.3) is 0 Å². The Morgan fingerprint density at radius 2 is 1.79 bits per heavy atom. The molecule has 0 aromatic heterocycles. The topological polar surface area (TPSA) is 49.4 Å². The largest absolute Gasteiger partial charge is 0.340 e. The Balaban J connectivity index is 2.45. The van der Waals surface area contributed by atoms with Crippen molar-refractivity contribution in [1.82, 2.24) is 10.2 Å². The summed E-state index contributed by atoms with van der Waals surface area (Å²) in [7, 11) is 0. The van der Waals surface area contributed by atoms with Gasteiger partial charge in [-0.3, -0.25) is 9.59 Å². The summed E-state index contributed by atoms with van der Waals surface area (Å²) in [6, 6.07) is 0.0523. The molecule has 1 aliphatic heterocycles. The number of hydrogen-bond donors (Lipinski definition) is 1. The number of hydrogen-bond acceptors (Lipinski definition) is 2. The number of carbonyl (C=O) groups is 2. The molecule has 1 aliphatic carbocycles. The molecule has 4 nitrogen and oxygen atoms in total. The highest BCUT2D eigenvalue weighted by Crippen LogP contribution is 2.45. The molecule has 1 saturated carbocycles. The molecule has 2 rings (SSSR count). The predicted molar refractivity (Wildman–Crippen MR) is 74.6 cm³/mol. The summed E-state index contributed by atoms with van der Waals surface area (Å²) in [6.07, 6.45) is 3.42. The molecule has 0 aromatic rings. The van der Waals surface area contributed by atoms with Crippen LogP contribution in [0.1, 0.15) is 60.3 Å². The maximum atomic E-state index is 13.0. The molecule has 2 aliphatic rings. The quantitative estimate of drug-likeness (QED) is 0.847. The van der Waals surface area contributed by atoms with Gasteiger partial charge in [0.15, 0.2) is 0 Å². The van der Waals surface area contributed by atoms with Crippen LogP contribution in [0.15, 0.2) is 0 Å². The lowest BCUT2D eigenvalue weighted by Crippen LogP contribution is -2.76. The Bertz CT molecular complexity index is 397. The van der Waals surface area contributed by atoms with Gasteiger partial charge in [0, 0.05) is 6.04 Å². The van der Waals surface area contributed by atoms with Crippen LogP contribution in [0.3, 0.4) is 0 Å². The first-order valence-corrected chi connectivity index (χ1v) is 7.49. The highest BCUT2D eigenvalue weighted by Gasteiger charge is 2.60. The Hall–Kier alpha value is -1.06. The number of carbonyl (C=O) groups excluding carboxylic acids is 2. The molecule has 1 N–H and O–H groups in total. The Kier molecular flexibility index (Phi) is 3.40. The fraction of sp³-hybridized carbons (Fsp3) is 0.867. The van der Waals surface area contributed by atoms with Gasteiger partial charge in [0.25, 0.3) is 0 Å². The van der Waals surface area contributed by atoms with Gasteiger partial charge in [-0.2, -0.15) is 0 Å². The molecule has 0 bridgehead atoms. The molecule has 4 heteroatoms. The Labute approximate surface area is 115 Å². The van der Waals surface area contributed by atoms with Crippen molar-refractivity contribution < 1.29 is 9.59 Å². The van der Waals surface area contributed by atoms with Gasteiger partial charge in [0.2, 0.25) is 11.8 Å². The molecule has 0 spiro atoms. The zero-order chi connectivity index (χ0) is 14.4. The van der Waals surface area contributed by atoms with E-state index in [2.05, 4.69) is 5.32 Å². The molecule has 1 saturated heterocycles. The summed E-state index contributed by atoms with van der Waals surface area (Å²) >= 11 is 0. The third-order valence-corrected chi connectivity index (χ3v) is 5.00. The van der Waals surface area contributed by atoms with Crippen molar-refractivity contribution in [1.29, 1.82) is 0 Å². The van der Waals surface area contributed by atoms with Crippen molar-refractivity contribution >= 4 is 11.8 Å². The zero-order valence-electron chi connectivity index (χ0n) is 12.7. The second-order valence-corrected chi connectivity index (χ2v) is 6.44. The molecule has 0 radical (unpaired) electrons. The highest BCUT2D eigenvalue weighted by atomic mass is 16.2. The molecule has 2 fully saturated rings. The van der Waals surface area contributed by atoms with Crippen molar-refractivity contribution in [3.63, 3.8) is 0 Å². The van der Waals surface area contributed by atoms with Gasteiger partial charge in [-0.15, -0.1) is 0 Å². The van der Waals surface area contributed by atoms with Gasteiger partial charge >= 0.3 is 0 Å². The van der Waals surface area contributed by atoms with Crippen LogP contribution in [-0.4, -0.2) is 33.8 Å². The summed E-state index contributed by atoms with van der Waals surface area (Å²) < 4.78 is 0. The number of rotatable bonds is 4. The lowest BCUT2D eigenvalue weighted by atomic mass is 9.79. The molecule has 2 amide bonds. The normalized spacial score (nSPS) is 30.7. The minimum Gasteiger partial charge on any atom is -0.340 e. The number of amides is 2. The van der Waals surface area contributed by atoms with E-state index in [1.165, 1.54) is 0 Å². The fourth-order valence-corrected chi connectivity index (χ4v) is 3.54. The molecular weight excluding hydrogens is 240 g/mol. The van der Waals surface area contributed by atoms with E-state index < -0.39 is 11.1 Å². The van der Waals surface area contributed by atoms with Crippen LogP contribution >= 0.6 is 0 Å². The summed E-state index contributed by atoms with van der Waals surface area (Å²) in [5.74, 6) is 0.449. The van der Waals surface area contributed by atoms with Crippen molar-refractivity contribution in [2.45, 2.75) is 77.4 Å². The number of nitrogens with zero attached hydrogens (tertiary/aromatic N) is 1. The lowest BCUT2D eigenvalue weighted by molar-refractivity contribution is -0.167. The van der Waals surface area contributed by atoms with E-state index in [1.54, 1.807) is 0 Å². The third-order valence-electron chi connectivity index (χ3n) is 5.00. The van der Waals surface area contributed by atoms with E-state index in [0.717, 1.165) is 12.8 Å². The van der Waals surface area contributed by atoms with E-state index in [4.69, 9.17) is 0 Å². The van der Waals surface area contributed by atoms with Gasteiger partial charge < -0.3 is 10.2 Å². The first-order chi connectivity index (χ1) is 8.83. The van der Waals surface area contributed by atoms with Crippen molar-refractivity contribution in [2.75, 3.05) is 0 Å². The van der Waals surface area contributed by atoms with Gasteiger partial charge in [0.1, 0.15) is 11.1 Å². The van der Waals surface area contributed by atoms with Crippen LogP contribution in [0.4, 0.5) is 0 Å². The van der Waals surface area contributed by atoms with Crippen molar-refractivity contribution in [3.05, 3.63) is 0 Å². The highest BCUT2D eigenvalue weighted by molar-refractivity contribution is 6.02. The molecule has 19 heavy (non-hydrogen) atoms. The minimum absolute atomic E-state index is 0.0280. The Morgan fingerprint density at radius 1 is 1.26 bits per heavy atom. The van der Waals surface area contributed by atoms with Gasteiger partial charge in [-0.1, -0.05) is 13.8 Å². The average molecular weight is 266 g/mol. The van der Waals surface area contributed by atoms with E-state index in [9.17, 15) is 9.59 Å². The summed E-state index contributed by atoms with van der Waals surface area (Å²) in [5.41, 5.74) is -1.35. The Morgan fingerprint density at radius 3 is 2.16 bits per heavy atom. The summed E-state index contributed by atoms with van der Waals surface area (Å²) in [6.45, 7) is 9.89.